The Morgan fingerprint density at radius 3 is 2.50 bits per heavy atom. The van der Waals surface area contributed by atoms with Crippen LogP contribution in [0.15, 0.2) is 0 Å². The standard InChI is InChI=1S/C16H28N2O5S/c1-2-11-24(21,22)18-10-6-9-14(18)16(20)23-12-15(19)17-13-7-4-3-5-8-13/h13-14H,2-12H2,1H3,(H,17,19). The first-order valence-electron chi connectivity index (χ1n) is 8.89. The summed E-state index contributed by atoms with van der Waals surface area (Å²) in [6.45, 7) is 1.79. The van der Waals surface area contributed by atoms with Crippen LogP contribution in [0.2, 0.25) is 0 Å². The molecule has 1 N–H and O–H groups in total. The maximum Gasteiger partial charge on any atom is 0.324 e. The number of sulfonamides is 1. The molecular formula is C16H28N2O5S. The maximum atomic E-state index is 12.2. The van der Waals surface area contributed by atoms with Crippen molar-refractivity contribution in [1.29, 1.82) is 0 Å². The van der Waals surface area contributed by atoms with Crippen LogP contribution >= 0.6 is 0 Å². The van der Waals surface area contributed by atoms with Crippen LogP contribution < -0.4 is 5.32 Å². The SMILES string of the molecule is CCCS(=O)(=O)N1CCCC1C(=O)OCC(=O)NC1CCCCC1. The van der Waals surface area contributed by atoms with E-state index in [4.69, 9.17) is 4.74 Å². The Morgan fingerprint density at radius 2 is 1.83 bits per heavy atom. The van der Waals surface area contributed by atoms with E-state index in [2.05, 4.69) is 5.32 Å². The third kappa shape index (κ3) is 5.17. The van der Waals surface area contributed by atoms with Gasteiger partial charge in [0, 0.05) is 12.6 Å². The lowest BCUT2D eigenvalue weighted by Crippen LogP contribution is -2.44. The normalized spacial score (nSPS) is 23.1. The highest BCUT2D eigenvalue weighted by Crippen LogP contribution is 2.23. The Hall–Kier alpha value is -1.15. The number of hydrogen-bond acceptors (Lipinski definition) is 5. The van der Waals surface area contributed by atoms with Crippen molar-refractivity contribution < 1.29 is 22.7 Å². The first kappa shape index (κ1) is 19.2. The van der Waals surface area contributed by atoms with Crippen LogP contribution in [0.3, 0.4) is 0 Å². The van der Waals surface area contributed by atoms with Crippen molar-refractivity contribution in [3.05, 3.63) is 0 Å². The molecule has 1 unspecified atom stereocenters. The zero-order valence-corrected chi connectivity index (χ0v) is 15.1. The lowest BCUT2D eigenvalue weighted by Gasteiger charge is -2.24. The Labute approximate surface area is 144 Å². The molecule has 1 aliphatic carbocycles. The number of nitrogens with one attached hydrogen (secondary N) is 1. The second kappa shape index (κ2) is 8.80. The summed E-state index contributed by atoms with van der Waals surface area (Å²) < 4.78 is 30.7. The molecule has 0 aromatic carbocycles. The fourth-order valence-corrected chi connectivity index (χ4v) is 5.17. The molecule has 1 amide bonds. The molecule has 0 aromatic rings. The summed E-state index contributed by atoms with van der Waals surface area (Å²) in [6.07, 6.45) is 6.93. The molecule has 0 bridgehead atoms. The first-order valence-corrected chi connectivity index (χ1v) is 10.5. The second-order valence-corrected chi connectivity index (χ2v) is 8.64. The molecule has 138 valence electrons. The zero-order chi connectivity index (χ0) is 17.6. The molecule has 1 saturated heterocycles. The molecule has 1 heterocycles. The smallest absolute Gasteiger partial charge is 0.324 e. The Morgan fingerprint density at radius 1 is 1.12 bits per heavy atom. The zero-order valence-electron chi connectivity index (χ0n) is 14.3. The van der Waals surface area contributed by atoms with Crippen molar-refractivity contribution >= 4 is 21.9 Å². The van der Waals surface area contributed by atoms with Gasteiger partial charge in [-0.25, -0.2) is 8.42 Å². The molecule has 24 heavy (non-hydrogen) atoms. The van der Waals surface area contributed by atoms with Crippen LogP contribution in [-0.2, 0) is 24.3 Å². The summed E-state index contributed by atoms with van der Waals surface area (Å²) in [6, 6.07) is -0.623. The van der Waals surface area contributed by atoms with E-state index >= 15 is 0 Å². The predicted octanol–water partition coefficient (Wildman–Crippen LogP) is 1.18. The molecule has 8 heteroatoms. The molecular weight excluding hydrogens is 332 g/mol. The molecule has 1 saturated carbocycles. The van der Waals surface area contributed by atoms with E-state index in [0.29, 0.717) is 25.8 Å². The summed E-state index contributed by atoms with van der Waals surface area (Å²) in [5, 5.41) is 2.88. The van der Waals surface area contributed by atoms with Crippen molar-refractivity contribution in [3.63, 3.8) is 0 Å². The fraction of sp³-hybridized carbons (Fsp3) is 0.875. The average Bonchev–Trinajstić information content (AvgIpc) is 3.04. The lowest BCUT2D eigenvalue weighted by molar-refractivity contribution is -0.151. The van der Waals surface area contributed by atoms with Gasteiger partial charge in [0.1, 0.15) is 6.04 Å². The van der Waals surface area contributed by atoms with Gasteiger partial charge in [-0.3, -0.25) is 9.59 Å². The van der Waals surface area contributed by atoms with Crippen molar-refractivity contribution in [3.8, 4) is 0 Å². The minimum absolute atomic E-state index is 0.0267. The van der Waals surface area contributed by atoms with Crippen molar-refractivity contribution in [1.82, 2.24) is 9.62 Å². The van der Waals surface area contributed by atoms with E-state index in [-0.39, 0.29) is 24.3 Å². The molecule has 2 aliphatic rings. The van der Waals surface area contributed by atoms with Crippen molar-refractivity contribution in [2.24, 2.45) is 0 Å². The molecule has 0 spiro atoms. The third-order valence-corrected chi connectivity index (χ3v) is 6.69. The number of esters is 1. The number of carbonyl (C=O) groups is 2. The Bertz CT molecular complexity index is 543. The van der Waals surface area contributed by atoms with Gasteiger partial charge in [0.25, 0.3) is 5.91 Å². The fourth-order valence-electron chi connectivity index (χ4n) is 3.43. The number of nitrogens with zero attached hydrogens (tertiary/aromatic N) is 1. The van der Waals surface area contributed by atoms with Gasteiger partial charge in [0.15, 0.2) is 6.61 Å². The van der Waals surface area contributed by atoms with Crippen molar-refractivity contribution in [2.45, 2.75) is 70.4 Å². The summed E-state index contributed by atoms with van der Waals surface area (Å²) in [7, 11) is -3.43. The highest BCUT2D eigenvalue weighted by Gasteiger charge is 2.39. The molecule has 1 aliphatic heterocycles. The summed E-state index contributed by atoms with van der Waals surface area (Å²) in [5.74, 6) is -0.902. The van der Waals surface area contributed by atoms with Gasteiger partial charge in [-0.1, -0.05) is 26.2 Å². The largest absolute Gasteiger partial charge is 0.454 e. The van der Waals surface area contributed by atoms with Crippen LogP contribution in [0, 0.1) is 0 Å². The van der Waals surface area contributed by atoms with E-state index in [9.17, 15) is 18.0 Å². The summed E-state index contributed by atoms with van der Waals surface area (Å²) in [4.78, 5) is 24.1. The van der Waals surface area contributed by atoms with Gasteiger partial charge in [-0.2, -0.15) is 4.31 Å². The van der Waals surface area contributed by atoms with E-state index in [1.807, 2.05) is 0 Å². The monoisotopic (exact) mass is 360 g/mol. The molecule has 2 rings (SSSR count). The van der Waals surface area contributed by atoms with Gasteiger partial charge >= 0.3 is 5.97 Å². The van der Waals surface area contributed by atoms with E-state index in [1.54, 1.807) is 6.92 Å². The highest BCUT2D eigenvalue weighted by atomic mass is 32.2. The second-order valence-electron chi connectivity index (χ2n) is 6.59. The third-order valence-electron chi connectivity index (χ3n) is 4.61. The van der Waals surface area contributed by atoms with Gasteiger partial charge in [-0.15, -0.1) is 0 Å². The lowest BCUT2D eigenvalue weighted by atomic mass is 9.95. The molecule has 2 fully saturated rings. The van der Waals surface area contributed by atoms with Gasteiger partial charge < -0.3 is 10.1 Å². The Balaban J connectivity index is 1.81. The quantitative estimate of drug-likeness (QED) is 0.688. The molecule has 7 nitrogen and oxygen atoms in total. The van der Waals surface area contributed by atoms with Crippen LogP contribution in [0.5, 0.6) is 0 Å². The molecule has 0 radical (unpaired) electrons. The van der Waals surface area contributed by atoms with Crippen molar-refractivity contribution in [2.75, 3.05) is 18.9 Å². The number of hydrogen-bond donors (Lipinski definition) is 1. The minimum atomic E-state index is -3.43. The average molecular weight is 360 g/mol. The Kier molecular flexibility index (Phi) is 7.03. The predicted molar refractivity (Wildman–Crippen MR) is 89.8 cm³/mol. The van der Waals surface area contributed by atoms with Gasteiger partial charge in [0.2, 0.25) is 10.0 Å². The number of carbonyl (C=O) groups excluding carboxylic acids is 2. The van der Waals surface area contributed by atoms with E-state index in [1.165, 1.54) is 10.7 Å². The summed E-state index contributed by atoms with van der Waals surface area (Å²) in [5.41, 5.74) is 0. The van der Waals surface area contributed by atoms with Crippen LogP contribution in [0.4, 0.5) is 0 Å². The highest BCUT2D eigenvalue weighted by molar-refractivity contribution is 7.89. The van der Waals surface area contributed by atoms with Crippen LogP contribution in [-0.4, -0.2) is 55.6 Å². The van der Waals surface area contributed by atoms with E-state index in [0.717, 1.165) is 25.7 Å². The van der Waals surface area contributed by atoms with Crippen LogP contribution in [0.25, 0.3) is 0 Å². The van der Waals surface area contributed by atoms with Gasteiger partial charge in [-0.05, 0) is 32.1 Å². The number of ether oxygens (including phenoxy) is 1. The molecule has 0 aromatic heterocycles. The summed E-state index contributed by atoms with van der Waals surface area (Å²) >= 11 is 0. The molecule has 1 atom stereocenters. The minimum Gasteiger partial charge on any atom is -0.454 e. The number of rotatable bonds is 7. The first-order chi connectivity index (χ1) is 11.4. The maximum absolute atomic E-state index is 12.2. The van der Waals surface area contributed by atoms with Crippen LogP contribution in [0.1, 0.15) is 58.3 Å². The topological polar surface area (TPSA) is 92.8 Å². The van der Waals surface area contributed by atoms with Gasteiger partial charge in [0.05, 0.1) is 5.75 Å². The number of amides is 1. The van der Waals surface area contributed by atoms with E-state index < -0.39 is 22.0 Å².